The SMILES string of the molecule is CC(C)n1ncc2c(C(=O)N3CC[C@H](C(N)=O)C3)cc(C3CC3)nc21. The molecule has 7 heteroatoms. The van der Waals surface area contributed by atoms with Crippen LogP contribution in [-0.4, -0.2) is 44.6 Å². The summed E-state index contributed by atoms with van der Waals surface area (Å²) >= 11 is 0. The summed E-state index contributed by atoms with van der Waals surface area (Å²) < 4.78 is 1.87. The average molecular weight is 341 g/mol. The normalized spacial score (nSPS) is 20.6. The maximum Gasteiger partial charge on any atom is 0.254 e. The van der Waals surface area contributed by atoms with Crippen LogP contribution >= 0.6 is 0 Å². The maximum absolute atomic E-state index is 13.1. The molecule has 2 N–H and O–H groups in total. The molecule has 2 amide bonds. The number of primary amides is 1. The second kappa shape index (κ2) is 5.82. The lowest BCUT2D eigenvalue weighted by Crippen LogP contribution is -2.32. The highest BCUT2D eigenvalue weighted by Crippen LogP contribution is 2.40. The van der Waals surface area contributed by atoms with E-state index >= 15 is 0 Å². The minimum Gasteiger partial charge on any atom is -0.369 e. The predicted octanol–water partition coefficient (Wildman–Crippen LogP) is 1.84. The topological polar surface area (TPSA) is 94.1 Å². The van der Waals surface area contributed by atoms with E-state index in [1.165, 1.54) is 0 Å². The summed E-state index contributed by atoms with van der Waals surface area (Å²) in [7, 11) is 0. The van der Waals surface area contributed by atoms with Crippen LogP contribution in [0.5, 0.6) is 0 Å². The number of nitrogens with two attached hydrogens (primary N) is 1. The lowest BCUT2D eigenvalue weighted by molar-refractivity contribution is -0.121. The van der Waals surface area contributed by atoms with Gasteiger partial charge in [-0.1, -0.05) is 0 Å². The van der Waals surface area contributed by atoms with Crippen LogP contribution in [0.1, 0.15) is 61.1 Å². The number of fused-ring (bicyclic) bond motifs is 1. The van der Waals surface area contributed by atoms with Gasteiger partial charge in [-0.2, -0.15) is 5.10 Å². The van der Waals surface area contributed by atoms with Crippen molar-refractivity contribution >= 4 is 22.8 Å². The Morgan fingerprint density at radius 3 is 2.64 bits per heavy atom. The van der Waals surface area contributed by atoms with Crippen molar-refractivity contribution in [3.63, 3.8) is 0 Å². The Morgan fingerprint density at radius 2 is 2.04 bits per heavy atom. The Labute approximate surface area is 146 Å². The molecule has 25 heavy (non-hydrogen) atoms. The summed E-state index contributed by atoms with van der Waals surface area (Å²) in [6, 6.07) is 2.10. The van der Waals surface area contributed by atoms with Gasteiger partial charge in [0.1, 0.15) is 0 Å². The molecule has 0 bridgehead atoms. The molecule has 0 spiro atoms. The van der Waals surface area contributed by atoms with Gasteiger partial charge in [0.25, 0.3) is 5.91 Å². The number of likely N-dealkylation sites (tertiary alicyclic amines) is 1. The molecule has 0 radical (unpaired) electrons. The molecule has 2 aliphatic rings. The van der Waals surface area contributed by atoms with E-state index in [-0.39, 0.29) is 23.8 Å². The van der Waals surface area contributed by atoms with E-state index in [1.54, 1.807) is 11.1 Å². The Balaban J connectivity index is 1.75. The molecule has 1 aliphatic heterocycles. The Morgan fingerprint density at radius 1 is 1.28 bits per heavy atom. The fraction of sp³-hybridized carbons (Fsp3) is 0.556. The average Bonchev–Trinajstić information content (AvgIpc) is 3.14. The van der Waals surface area contributed by atoms with Crippen molar-refractivity contribution in [3.05, 3.63) is 23.5 Å². The third-order valence-electron chi connectivity index (χ3n) is 5.18. The van der Waals surface area contributed by atoms with Gasteiger partial charge in [0.2, 0.25) is 5.91 Å². The molecule has 1 saturated heterocycles. The van der Waals surface area contributed by atoms with Gasteiger partial charge in [-0.15, -0.1) is 0 Å². The van der Waals surface area contributed by atoms with E-state index in [4.69, 9.17) is 10.7 Å². The third-order valence-corrected chi connectivity index (χ3v) is 5.18. The third kappa shape index (κ3) is 2.77. The Kier molecular flexibility index (Phi) is 3.74. The molecule has 0 unspecified atom stereocenters. The summed E-state index contributed by atoms with van der Waals surface area (Å²) in [6.07, 6.45) is 4.61. The monoisotopic (exact) mass is 341 g/mol. The molecule has 3 heterocycles. The molecular formula is C18H23N5O2. The van der Waals surface area contributed by atoms with Gasteiger partial charge >= 0.3 is 0 Å². The fourth-order valence-electron chi connectivity index (χ4n) is 3.53. The first-order valence-corrected chi connectivity index (χ1v) is 8.92. The number of pyridine rings is 1. The number of carbonyl (C=O) groups excluding carboxylic acids is 2. The highest BCUT2D eigenvalue weighted by molar-refractivity contribution is 6.05. The number of carbonyl (C=O) groups is 2. The summed E-state index contributed by atoms with van der Waals surface area (Å²) in [5.74, 6) is -0.186. The first-order valence-electron chi connectivity index (χ1n) is 8.92. The summed E-state index contributed by atoms with van der Waals surface area (Å²) in [4.78, 5) is 31.0. The summed E-state index contributed by atoms with van der Waals surface area (Å²) in [5.41, 5.74) is 7.79. The smallest absolute Gasteiger partial charge is 0.254 e. The van der Waals surface area contributed by atoms with Gasteiger partial charge in [0.15, 0.2) is 5.65 Å². The quantitative estimate of drug-likeness (QED) is 0.918. The number of hydrogen-bond acceptors (Lipinski definition) is 4. The van der Waals surface area contributed by atoms with Crippen LogP contribution in [0.25, 0.3) is 11.0 Å². The largest absolute Gasteiger partial charge is 0.369 e. The van der Waals surface area contributed by atoms with Crippen LogP contribution in [0.4, 0.5) is 0 Å². The molecule has 2 aromatic heterocycles. The molecule has 7 nitrogen and oxygen atoms in total. The standard InChI is InChI=1S/C18H23N5O2/c1-10(2)23-17-14(8-20-23)13(7-15(21-17)11-3-4-11)18(25)22-6-5-12(9-22)16(19)24/h7-8,10-12H,3-6,9H2,1-2H3,(H2,19,24)/t12-/m0/s1. The minimum absolute atomic E-state index is 0.0543. The lowest BCUT2D eigenvalue weighted by atomic mass is 10.1. The predicted molar refractivity (Wildman–Crippen MR) is 93.1 cm³/mol. The highest BCUT2D eigenvalue weighted by atomic mass is 16.2. The van der Waals surface area contributed by atoms with E-state index in [0.29, 0.717) is 31.0 Å². The van der Waals surface area contributed by atoms with Crippen LogP contribution < -0.4 is 5.73 Å². The zero-order valence-electron chi connectivity index (χ0n) is 14.6. The molecule has 1 aliphatic carbocycles. The highest BCUT2D eigenvalue weighted by Gasteiger charge is 2.33. The number of amides is 2. The van der Waals surface area contributed by atoms with Crippen molar-refractivity contribution in [1.29, 1.82) is 0 Å². The number of hydrogen-bond donors (Lipinski definition) is 1. The van der Waals surface area contributed by atoms with E-state index in [2.05, 4.69) is 18.9 Å². The van der Waals surface area contributed by atoms with Crippen LogP contribution in [0, 0.1) is 5.92 Å². The van der Waals surface area contributed by atoms with Crippen molar-refractivity contribution in [2.24, 2.45) is 11.7 Å². The van der Waals surface area contributed by atoms with Crippen LogP contribution in [0.3, 0.4) is 0 Å². The van der Waals surface area contributed by atoms with Crippen LogP contribution in [0.2, 0.25) is 0 Å². The van der Waals surface area contributed by atoms with Gasteiger partial charge in [0.05, 0.1) is 23.1 Å². The second-order valence-electron chi connectivity index (χ2n) is 7.43. The van der Waals surface area contributed by atoms with E-state index in [1.807, 2.05) is 10.7 Å². The van der Waals surface area contributed by atoms with Crippen molar-refractivity contribution in [2.75, 3.05) is 13.1 Å². The summed E-state index contributed by atoms with van der Waals surface area (Å²) in [5, 5.41) is 5.22. The molecule has 132 valence electrons. The van der Waals surface area contributed by atoms with E-state index in [9.17, 15) is 9.59 Å². The van der Waals surface area contributed by atoms with Crippen molar-refractivity contribution < 1.29 is 9.59 Å². The zero-order valence-corrected chi connectivity index (χ0v) is 14.6. The molecular weight excluding hydrogens is 318 g/mol. The van der Waals surface area contributed by atoms with Crippen molar-refractivity contribution in [3.8, 4) is 0 Å². The summed E-state index contributed by atoms with van der Waals surface area (Å²) in [6.45, 7) is 5.07. The van der Waals surface area contributed by atoms with Gasteiger partial charge in [-0.25, -0.2) is 9.67 Å². The van der Waals surface area contributed by atoms with Crippen molar-refractivity contribution in [1.82, 2.24) is 19.7 Å². The van der Waals surface area contributed by atoms with Crippen molar-refractivity contribution in [2.45, 2.75) is 45.1 Å². The number of aromatic nitrogens is 3. The molecule has 1 atom stereocenters. The molecule has 4 rings (SSSR count). The fourth-order valence-corrected chi connectivity index (χ4v) is 3.53. The number of rotatable bonds is 4. The molecule has 2 aromatic rings. The molecule has 2 fully saturated rings. The first-order chi connectivity index (χ1) is 12.0. The van der Waals surface area contributed by atoms with E-state index in [0.717, 1.165) is 29.6 Å². The minimum atomic E-state index is -0.332. The van der Waals surface area contributed by atoms with Crippen LogP contribution in [-0.2, 0) is 4.79 Å². The number of nitrogens with zero attached hydrogens (tertiary/aromatic N) is 4. The van der Waals surface area contributed by atoms with Gasteiger partial charge in [-0.3, -0.25) is 9.59 Å². The van der Waals surface area contributed by atoms with Gasteiger partial charge in [0, 0.05) is 30.7 Å². The molecule has 0 aromatic carbocycles. The van der Waals surface area contributed by atoms with Crippen LogP contribution in [0.15, 0.2) is 12.3 Å². The lowest BCUT2D eigenvalue weighted by Gasteiger charge is -2.17. The molecule has 1 saturated carbocycles. The Bertz CT molecular complexity index is 853. The zero-order chi connectivity index (χ0) is 17.7. The second-order valence-corrected chi connectivity index (χ2v) is 7.43. The van der Waals surface area contributed by atoms with E-state index < -0.39 is 0 Å². The maximum atomic E-state index is 13.1. The van der Waals surface area contributed by atoms with Gasteiger partial charge in [-0.05, 0) is 39.2 Å². The first kappa shape index (κ1) is 16.1. The Hall–Kier alpha value is -2.44. The van der Waals surface area contributed by atoms with Gasteiger partial charge < -0.3 is 10.6 Å².